The number of hydrogen-bond acceptors (Lipinski definition) is 6. The van der Waals surface area contributed by atoms with Gasteiger partial charge in [0.05, 0.1) is 18.4 Å². The van der Waals surface area contributed by atoms with Gasteiger partial charge >= 0.3 is 0 Å². The van der Waals surface area contributed by atoms with Crippen LogP contribution in [0, 0.1) is 0 Å². The Hall–Kier alpha value is -1.99. The highest BCUT2D eigenvalue weighted by molar-refractivity contribution is 7.13. The molecule has 0 saturated carbocycles. The summed E-state index contributed by atoms with van der Waals surface area (Å²) < 4.78 is 10.6. The van der Waals surface area contributed by atoms with Gasteiger partial charge in [0.15, 0.2) is 16.6 Å². The van der Waals surface area contributed by atoms with E-state index in [-0.39, 0.29) is 17.7 Å². The van der Waals surface area contributed by atoms with Crippen LogP contribution in [0.5, 0.6) is 5.75 Å². The molecule has 2 aromatic heterocycles. The highest BCUT2D eigenvalue weighted by Gasteiger charge is 2.16. The fraction of sp³-hybridized carbons (Fsp3) is 0.357. The van der Waals surface area contributed by atoms with Crippen LogP contribution >= 0.6 is 11.3 Å². The third-order valence-corrected chi connectivity index (χ3v) is 3.22. The maximum absolute atomic E-state index is 12.3. The van der Waals surface area contributed by atoms with Gasteiger partial charge in [0.1, 0.15) is 0 Å². The first-order valence-corrected chi connectivity index (χ1v) is 7.34. The van der Waals surface area contributed by atoms with Crippen LogP contribution in [0.2, 0.25) is 0 Å². The third-order valence-electron chi connectivity index (χ3n) is 2.41. The number of thiazole rings is 1. The summed E-state index contributed by atoms with van der Waals surface area (Å²) in [6.07, 6.45) is 1.52. The Morgan fingerprint density at radius 3 is 3.00 bits per heavy atom. The lowest BCUT2D eigenvalue weighted by atomic mass is 10.3. The van der Waals surface area contributed by atoms with Crippen molar-refractivity contribution in [3.63, 3.8) is 0 Å². The molecular formula is C14H17N3O3S. The molecular weight excluding hydrogens is 290 g/mol. The zero-order chi connectivity index (χ0) is 15.2. The van der Waals surface area contributed by atoms with Gasteiger partial charge in [0.2, 0.25) is 0 Å². The van der Waals surface area contributed by atoms with Crippen molar-refractivity contribution in [2.24, 2.45) is 0 Å². The molecule has 2 rings (SSSR count). The molecule has 0 atom stereocenters. The van der Waals surface area contributed by atoms with Crippen molar-refractivity contribution in [3.8, 4) is 5.75 Å². The molecule has 0 fully saturated rings. The molecule has 1 amide bonds. The van der Waals surface area contributed by atoms with Crippen molar-refractivity contribution >= 4 is 22.4 Å². The van der Waals surface area contributed by atoms with Gasteiger partial charge in [-0.05, 0) is 26.0 Å². The molecule has 6 nitrogen and oxygen atoms in total. The standard InChI is InChI=1S/C14H17N3O3S/c1-9(2)20-11-5-4-6-15-12(11)13(18)17-14-16-10(7-19-3)8-21-14/h4-6,8-9H,7H2,1-3H3,(H,16,17,18). The molecule has 112 valence electrons. The van der Waals surface area contributed by atoms with Crippen LogP contribution in [0.4, 0.5) is 5.13 Å². The van der Waals surface area contributed by atoms with E-state index in [0.29, 0.717) is 17.5 Å². The summed E-state index contributed by atoms with van der Waals surface area (Å²) in [6.45, 7) is 4.21. The van der Waals surface area contributed by atoms with Crippen LogP contribution in [0.1, 0.15) is 30.0 Å². The zero-order valence-electron chi connectivity index (χ0n) is 12.1. The molecule has 7 heteroatoms. The second-order valence-corrected chi connectivity index (χ2v) is 5.41. The second kappa shape index (κ2) is 7.14. The van der Waals surface area contributed by atoms with E-state index < -0.39 is 0 Å². The smallest absolute Gasteiger partial charge is 0.279 e. The number of hydrogen-bond donors (Lipinski definition) is 1. The minimum Gasteiger partial charge on any atom is -0.489 e. The average Bonchev–Trinajstić information content (AvgIpc) is 2.86. The van der Waals surface area contributed by atoms with E-state index in [9.17, 15) is 4.79 Å². The first-order chi connectivity index (χ1) is 10.1. The van der Waals surface area contributed by atoms with Crippen molar-refractivity contribution in [2.45, 2.75) is 26.6 Å². The van der Waals surface area contributed by atoms with Crippen molar-refractivity contribution in [2.75, 3.05) is 12.4 Å². The maximum atomic E-state index is 12.3. The van der Waals surface area contributed by atoms with Gasteiger partial charge in [-0.25, -0.2) is 9.97 Å². The lowest BCUT2D eigenvalue weighted by molar-refractivity contribution is 0.101. The van der Waals surface area contributed by atoms with Crippen molar-refractivity contribution in [3.05, 3.63) is 35.1 Å². The van der Waals surface area contributed by atoms with Gasteiger partial charge in [0.25, 0.3) is 5.91 Å². The number of pyridine rings is 1. The number of ether oxygens (including phenoxy) is 2. The molecule has 0 aliphatic carbocycles. The Bertz CT molecular complexity index is 613. The van der Waals surface area contributed by atoms with Crippen molar-refractivity contribution < 1.29 is 14.3 Å². The molecule has 2 aromatic rings. The number of aromatic nitrogens is 2. The third kappa shape index (κ3) is 4.24. The van der Waals surface area contributed by atoms with E-state index in [1.54, 1.807) is 25.4 Å². The van der Waals surface area contributed by atoms with Crippen LogP contribution in [0.3, 0.4) is 0 Å². The van der Waals surface area contributed by atoms with Crippen LogP contribution in [-0.4, -0.2) is 29.1 Å². The first-order valence-electron chi connectivity index (χ1n) is 6.46. The summed E-state index contributed by atoms with van der Waals surface area (Å²) >= 11 is 1.34. The van der Waals surface area contributed by atoms with Crippen molar-refractivity contribution in [1.82, 2.24) is 9.97 Å². The van der Waals surface area contributed by atoms with Crippen LogP contribution in [0.15, 0.2) is 23.7 Å². The molecule has 2 heterocycles. The van der Waals surface area contributed by atoms with E-state index in [4.69, 9.17) is 9.47 Å². The number of carbonyl (C=O) groups excluding carboxylic acids is 1. The number of amides is 1. The van der Waals surface area contributed by atoms with E-state index in [0.717, 1.165) is 5.69 Å². The minimum absolute atomic E-state index is 0.0334. The number of rotatable bonds is 6. The summed E-state index contributed by atoms with van der Waals surface area (Å²) in [6, 6.07) is 3.45. The predicted octanol–water partition coefficient (Wildman–Crippen LogP) is 2.72. The molecule has 21 heavy (non-hydrogen) atoms. The Morgan fingerprint density at radius 1 is 1.48 bits per heavy atom. The first kappa shape index (κ1) is 15.4. The van der Waals surface area contributed by atoms with E-state index in [1.807, 2.05) is 19.2 Å². The normalized spacial score (nSPS) is 10.7. The van der Waals surface area contributed by atoms with E-state index in [1.165, 1.54) is 11.3 Å². The Labute approximate surface area is 127 Å². The summed E-state index contributed by atoms with van der Waals surface area (Å²) in [4.78, 5) is 20.6. The van der Waals surface area contributed by atoms with E-state index >= 15 is 0 Å². The van der Waals surface area contributed by atoms with Gasteiger partial charge in [-0.1, -0.05) is 0 Å². The highest BCUT2D eigenvalue weighted by Crippen LogP contribution is 2.21. The molecule has 0 saturated heterocycles. The Balaban J connectivity index is 2.12. The van der Waals surface area contributed by atoms with Gasteiger partial charge < -0.3 is 9.47 Å². The predicted molar refractivity (Wildman–Crippen MR) is 80.8 cm³/mol. The Morgan fingerprint density at radius 2 is 2.29 bits per heavy atom. The molecule has 0 bridgehead atoms. The molecule has 0 aromatic carbocycles. The maximum Gasteiger partial charge on any atom is 0.279 e. The highest BCUT2D eigenvalue weighted by atomic mass is 32.1. The number of methoxy groups -OCH3 is 1. The number of nitrogens with zero attached hydrogens (tertiary/aromatic N) is 2. The quantitative estimate of drug-likeness (QED) is 0.888. The number of carbonyl (C=O) groups is 1. The monoisotopic (exact) mass is 307 g/mol. The van der Waals surface area contributed by atoms with Crippen LogP contribution < -0.4 is 10.1 Å². The Kier molecular flexibility index (Phi) is 5.24. The molecule has 1 N–H and O–H groups in total. The van der Waals surface area contributed by atoms with Gasteiger partial charge in [-0.15, -0.1) is 11.3 Å². The summed E-state index contributed by atoms with van der Waals surface area (Å²) in [5, 5.41) is 5.07. The fourth-order valence-corrected chi connectivity index (χ4v) is 2.33. The number of anilines is 1. The van der Waals surface area contributed by atoms with Crippen molar-refractivity contribution in [1.29, 1.82) is 0 Å². The zero-order valence-corrected chi connectivity index (χ0v) is 12.9. The lowest BCUT2D eigenvalue weighted by Gasteiger charge is -2.12. The average molecular weight is 307 g/mol. The summed E-state index contributed by atoms with van der Waals surface area (Å²) in [7, 11) is 1.60. The van der Waals surface area contributed by atoms with Crippen LogP contribution in [0.25, 0.3) is 0 Å². The second-order valence-electron chi connectivity index (χ2n) is 4.55. The largest absolute Gasteiger partial charge is 0.489 e. The molecule has 0 unspecified atom stereocenters. The SMILES string of the molecule is COCc1csc(NC(=O)c2ncccc2OC(C)C)n1. The summed E-state index contributed by atoms with van der Waals surface area (Å²) in [5.41, 5.74) is 1.02. The molecule has 0 aliphatic heterocycles. The summed E-state index contributed by atoms with van der Waals surface area (Å²) in [5.74, 6) is 0.114. The molecule has 0 spiro atoms. The topological polar surface area (TPSA) is 73.3 Å². The number of nitrogens with one attached hydrogen (secondary N) is 1. The fourth-order valence-electron chi connectivity index (χ4n) is 1.64. The lowest BCUT2D eigenvalue weighted by Crippen LogP contribution is -2.17. The van der Waals surface area contributed by atoms with E-state index in [2.05, 4.69) is 15.3 Å². The van der Waals surface area contributed by atoms with Gasteiger partial charge in [-0.2, -0.15) is 0 Å². The van der Waals surface area contributed by atoms with Gasteiger partial charge in [-0.3, -0.25) is 10.1 Å². The van der Waals surface area contributed by atoms with Crippen LogP contribution in [-0.2, 0) is 11.3 Å². The van der Waals surface area contributed by atoms with Gasteiger partial charge in [0, 0.05) is 18.7 Å². The molecule has 0 radical (unpaired) electrons. The molecule has 0 aliphatic rings. The minimum atomic E-state index is -0.343.